The van der Waals surface area contributed by atoms with Crippen molar-refractivity contribution in [1.29, 1.82) is 0 Å². The molecular weight excluding hydrogens is 304 g/mol. The van der Waals surface area contributed by atoms with Crippen molar-refractivity contribution in [2.45, 2.75) is 32.2 Å². The van der Waals surface area contributed by atoms with E-state index >= 15 is 0 Å². The van der Waals surface area contributed by atoms with Crippen LogP contribution in [0, 0.1) is 0 Å². The highest BCUT2D eigenvalue weighted by Crippen LogP contribution is 2.25. The van der Waals surface area contributed by atoms with Crippen LogP contribution in [0.3, 0.4) is 0 Å². The molecule has 2 aromatic carbocycles. The van der Waals surface area contributed by atoms with Gasteiger partial charge in [-0.1, -0.05) is 30.3 Å². The van der Waals surface area contributed by atoms with Gasteiger partial charge in [0.1, 0.15) is 24.6 Å². The van der Waals surface area contributed by atoms with Gasteiger partial charge in [-0.25, -0.2) is 0 Å². The Labute approximate surface area is 142 Å². The van der Waals surface area contributed by atoms with Crippen molar-refractivity contribution >= 4 is 5.78 Å². The average Bonchev–Trinajstić information content (AvgIpc) is 3.43. The van der Waals surface area contributed by atoms with Gasteiger partial charge in [0.25, 0.3) is 0 Å². The van der Waals surface area contributed by atoms with E-state index in [1.54, 1.807) is 12.1 Å². The number of hydrogen-bond acceptors (Lipinski definition) is 4. The third kappa shape index (κ3) is 4.43. The molecule has 126 valence electrons. The normalized spacial score (nSPS) is 17.5. The minimum absolute atomic E-state index is 0.0414. The van der Waals surface area contributed by atoms with Gasteiger partial charge in [0.15, 0.2) is 5.78 Å². The van der Waals surface area contributed by atoms with Crippen molar-refractivity contribution in [1.82, 2.24) is 0 Å². The predicted octanol–water partition coefficient (Wildman–Crippen LogP) is 3.81. The minimum atomic E-state index is -0.599. The van der Waals surface area contributed by atoms with Crippen molar-refractivity contribution in [2.24, 2.45) is 0 Å². The number of carbonyl (C=O) groups is 1. The second kappa shape index (κ2) is 7.60. The van der Waals surface area contributed by atoms with Crippen LogP contribution < -0.4 is 4.74 Å². The molecule has 1 aliphatic rings. The molecule has 1 saturated heterocycles. The molecule has 2 aromatic rings. The Morgan fingerprint density at radius 2 is 1.79 bits per heavy atom. The fourth-order valence-electron chi connectivity index (χ4n) is 2.41. The zero-order valence-electron chi connectivity index (χ0n) is 14.0. The Hall–Kier alpha value is -2.17. The molecule has 4 nitrogen and oxygen atoms in total. The van der Waals surface area contributed by atoms with E-state index in [4.69, 9.17) is 14.2 Å². The number of benzene rings is 2. The van der Waals surface area contributed by atoms with Gasteiger partial charge in [-0.15, -0.1) is 0 Å². The molecule has 2 unspecified atom stereocenters. The van der Waals surface area contributed by atoms with Crippen LogP contribution in [0.2, 0.25) is 0 Å². The summed E-state index contributed by atoms with van der Waals surface area (Å²) in [4.78, 5) is 12.9. The summed E-state index contributed by atoms with van der Waals surface area (Å²) < 4.78 is 16.6. The molecule has 24 heavy (non-hydrogen) atoms. The molecule has 0 radical (unpaired) electrons. The molecule has 3 rings (SSSR count). The molecule has 1 fully saturated rings. The van der Waals surface area contributed by atoms with Gasteiger partial charge in [0.2, 0.25) is 0 Å². The number of rotatable bonds is 8. The Morgan fingerprint density at radius 1 is 1.12 bits per heavy atom. The number of ether oxygens (including phenoxy) is 3. The minimum Gasteiger partial charge on any atom is -0.491 e. The first-order valence-electron chi connectivity index (χ1n) is 8.22. The van der Waals surface area contributed by atoms with E-state index in [9.17, 15) is 4.79 Å². The average molecular weight is 326 g/mol. The van der Waals surface area contributed by atoms with E-state index < -0.39 is 6.10 Å². The van der Waals surface area contributed by atoms with Crippen LogP contribution in [0.4, 0.5) is 0 Å². The van der Waals surface area contributed by atoms with E-state index in [1.807, 2.05) is 56.3 Å². The summed E-state index contributed by atoms with van der Waals surface area (Å²) in [7, 11) is 0. The van der Waals surface area contributed by atoms with Gasteiger partial charge < -0.3 is 14.2 Å². The maximum absolute atomic E-state index is 12.9. The van der Waals surface area contributed by atoms with Gasteiger partial charge in [-0.05, 0) is 43.7 Å². The second-order valence-corrected chi connectivity index (χ2v) is 6.13. The van der Waals surface area contributed by atoms with Crippen molar-refractivity contribution in [3.05, 3.63) is 65.7 Å². The van der Waals surface area contributed by atoms with Crippen LogP contribution in [0.15, 0.2) is 54.6 Å². The number of Topliss-reactive ketones (excluding diaryl/α,β-unsaturated/α-hetero) is 1. The largest absolute Gasteiger partial charge is 0.491 e. The molecule has 0 aromatic heterocycles. The van der Waals surface area contributed by atoms with Gasteiger partial charge in [-0.3, -0.25) is 4.79 Å². The molecule has 0 N–H and O–H groups in total. The van der Waals surface area contributed by atoms with Crippen molar-refractivity contribution in [3.8, 4) is 5.75 Å². The highest BCUT2D eigenvalue weighted by molar-refractivity contribution is 6.00. The van der Waals surface area contributed by atoms with Crippen molar-refractivity contribution in [3.63, 3.8) is 0 Å². The quantitative estimate of drug-likeness (QED) is 0.547. The summed E-state index contributed by atoms with van der Waals surface area (Å²) in [5.41, 5.74) is 1.47. The fraction of sp³-hybridized carbons (Fsp3) is 0.350. The first-order valence-corrected chi connectivity index (χ1v) is 8.22. The second-order valence-electron chi connectivity index (χ2n) is 6.13. The molecule has 0 amide bonds. The van der Waals surface area contributed by atoms with Crippen LogP contribution >= 0.6 is 0 Å². The van der Waals surface area contributed by atoms with Crippen LogP contribution in [0.5, 0.6) is 5.75 Å². The summed E-state index contributed by atoms with van der Waals surface area (Å²) >= 11 is 0. The van der Waals surface area contributed by atoms with Crippen molar-refractivity contribution in [2.75, 3.05) is 13.2 Å². The number of carbonyl (C=O) groups excluding carboxylic acids is 1. The molecule has 0 saturated carbocycles. The molecule has 4 heteroatoms. The summed E-state index contributed by atoms with van der Waals surface area (Å²) in [6.45, 7) is 5.18. The molecule has 2 atom stereocenters. The number of epoxide rings is 1. The Bertz CT molecular complexity index is 660. The topological polar surface area (TPSA) is 48.1 Å². The van der Waals surface area contributed by atoms with E-state index in [0.717, 1.165) is 17.9 Å². The monoisotopic (exact) mass is 326 g/mol. The Kier molecular flexibility index (Phi) is 5.28. The van der Waals surface area contributed by atoms with Crippen molar-refractivity contribution < 1.29 is 19.0 Å². The van der Waals surface area contributed by atoms with Crippen LogP contribution in [0.25, 0.3) is 0 Å². The Morgan fingerprint density at radius 3 is 2.38 bits per heavy atom. The van der Waals surface area contributed by atoms with E-state index in [0.29, 0.717) is 12.2 Å². The fourth-order valence-corrected chi connectivity index (χ4v) is 2.41. The lowest BCUT2D eigenvalue weighted by Crippen LogP contribution is -2.20. The molecule has 1 aliphatic heterocycles. The van der Waals surface area contributed by atoms with Gasteiger partial charge in [0.05, 0.1) is 12.7 Å². The summed E-state index contributed by atoms with van der Waals surface area (Å²) in [5.74, 6) is 0.690. The van der Waals surface area contributed by atoms with Gasteiger partial charge >= 0.3 is 0 Å². The van der Waals surface area contributed by atoms with Gasteiger partial charge in [0, 0.05) is 5.56 Å². The van der Waals surface area contributed by atoms with E-state index in [-0.39, 0.29) is 18.0 Å². The first kappa shape index (κ1) is 16.7. The van der Waals surface area contributed by atoms with Crippen LogP contribution in [0.1, 0.15) is 35.9 Å². The standard InChI is InChI=1S/C20H22O4/c1-14(2)24-20(16-6-4-3-5-7-16)19(21)15-8-10-17(11-9-15)22-12-18-13-23-18/h3-11,14,18,20H,12-13H2,1-2H3. The smallest absolute Gasteiger partial charge is 0.196 e. The third-order valence-corrected chi connectivity index (χ3v) is 3.73. The summed E-state index contributed by atoms with van der Waals surface area (Å²) in [6, 6.07) is 16.8. The Balaban J connectivity index is 1.73. The van der Waals surface area contributed by atoms with Crippen LogP contribution in [-0.2, 0) is 9.47 Å². The SMILES string of the molecule is CC(C)OC(C(=O)c1ccc(OCC2CO2)cc1)c1ccccc1. The zero-order chi connectivity index (χ0) is 16.9. The summed E-state index contributed by atoms with van der Waals surface area (Å²) in [5, 5.41) is 0. The van der Waals surface area contributed by atoms with E-state index in [2.05, 4.69) is 0 Å². The molecule has 0 aliphatic carbocycles. The third-order valence-electron chi connectivity index (χ3n) is 3.73. The van der Waals surface area contributed by atoms with E-state index in [1.165, 1.54) is 0 Å². The van der Waals surface area contributed by atoms with Gasteiger partial charge in [-0.2, -0.15) is 0 Å². The lowest BCUT2D eigenvalue weighted by molar-refractivity contribution is 0.0114. The molecule has 0 bridgehead atoms. The lowest BCUT2D eigenvalue weighted by atomic mass is 9.99. The zero-order valence-corrected chi connectivity index (χ0v) is 14.0. The maximum Gasteiger partial charge on any atom is 0.196 e. The number of ketones is 1. The number of hydrogen-bond donors (Lipinski definition) is 0. The highest BCUT2D eigenvalue weighted by Gasteiger charge is 2.25. The first-order chi connectivity index (χ1) is 11.6. The highest BCUT2D eigenvalue weighted by atomic mass is 16.6. The predicted molar refractivity (Wildman–Crippen MR) is 91.4 cm³/mol. The molecule has 0 spiro atoms. The molecule has 1 heterocycles. The maximum atomic E-state index is 12.9. The summed E-state index contributed by atoms with van der Waals surface area (Å²) in [6.07, 6.45) is -0.425. The molecular formula is C20H22O4. The van der Waals surface area contributed by atoms with Crippen LogP contribution in [-0.4, -0.2) is 31.2 Å². The lowest BCUT2D eigenvalue weighted by Gasteiger charge is -2.20.